The first-order valence-electron chi connectivity index (χ1n) is 10.7. The number of thioether (sulfide) groups is 1. The van der Waals surface area contributed by atoms with Gasteiger partial charge in [0.1, 0.15) is 4.90 Å². The number of rotatable bonds is 9. The van der Waals surface area contributed by atoms with E-state index < -0.39 is 15.9 Å². The molecule has 2 aromatic rings. The Bertz CT molecular complexity index is 1070. The largest absolute Gasteiger partial charge is 0.377 e. The molecule has 1 amide bonds. The van der Waals surface area contributed by atoms with Gasteiger partial charge in [0.15, 0.2) is 0 Å². The Morgan fingerprint density at radius 2 is 2.06 bits per heavy atom. The Morgan fingerprint density at radius 3 is 2.72 bits per heavy atom. The number of ether oxygens (including phenoxy) is 1. The predicted molar refractivity (Wildman–Crippen MR) is 130 cm³/mol. The number of anilines is 1. The van der Waals surface area contributed by atoms with Crippen molar-refractivity contribution in [2.45, 2.75) is 61.2 Å². The maximum absolute atomic E-state index is 12.8. The molecule has 3 rings (SSSR count). The number of benzene rings is 2. The standard InChI is InChI=1S/C23H29ClN2O4S2/c1-4-16(3)31-19-8-10-21(15(2)12-19)26-23(27)17-7-9-20(24)22(13-17)32(28,29)25-14-18-6-5-11-30-18/h7-10,12-13,16,18,25H,4-6,11,14H2,1-3H3,(H,26,27). The van der Waals surface area contributed by atoms with Crippen LogP contribution in [-0.4, -0.2) is 38.8 Å². The van der Waals surface area contributed by atoms with Crippen LogP contribution in [0.2, 0.25) is 5.02 Å². The van der Waals surface area contributed by atoms with Crippen molar-refractivity contribution in [1.29, 1.82) is 0 Å². The lowest BCUT2D eigenvalue weighted by Gasteiger charge is -2.14. The molecule has 1 aliphatic heterocycles. The second kappa shape index (κ2) is 11.0. The Labute approximate surface area is 199 Å². The van der Waals surface area contributed by atoms with Gasteiger partial charge in [-0.2, -0.15) is 0 Å². The molecular formula is C23H29ClN2O4S2. The smallest absolute Gasteiger partial charge is 0.255 e. The molecule has 0 aliphatic carbocycles. The lowest BCUT2D eigenvalue weighted by molar-refractivity contribution is 0.102. The van der Waals surface area contributed by atoms with Crippen molar-refractivity contribution < 1.29 is 17.9 Å². The lowest BCUT2D eigenvalue weighted by Crippen LogP contribution is -2.32. The fourth-order valence-electron chi connectivity index (χ4n) is 3.30. The van der Waals surface area contributed by atoms with E-state index in [1.165, 1.54) is 18.2 Å². The average molecular weight is 497 g/mol. The average Bonchev–Trinajstić information content (AvgIpc) is 3.28. The highest BCUT2D eigenvalue weighted by Gasteiger charge is 2.23. The molecule has 0 aromatic heterocycles. The van der Waals surface area contributed by atoms with Crippen LogP contribution in [0.25, 0.3) is 0 Å². The SMILES string of the molecule is CCC(C)Sc1ccc(NC(=O)c2ccc(Cl)c(S(=O)(=O)NCC3CCCO3)c2)c(C)c1. The van der Waals surface area contributed by atoms with Crippen molar-refractivity contribution >= 4 is 45.0 Å². The summed E-state index contributed by atoms with van der Waals surface area (Å²) in [6.07, 6.45) is 2.66. The van der Waals surface area contributed by atoms with Gasteiger partial charge < -0.3 is 10.1 Å². The summed E-state index contributed by atoms with van der Waals surface area (Å²) in [7, 11) is -3.88. The van der Waals surface area contributed by atoms with Gasteiger partial charge in [0.05, 0.1) is 11.1 Å². The quantitative estimate of drug-likeness (QED) is 0.463. The Balaban J connectivity index is 1.73. The van der Waals surface area contributed by atoms with Gasteiger partial charge in [-0.3, -0.25) is 4.79 Å². The molecule has 1 aliphatic rings. The molecule has 1 fully saturated rings. The third-order valence-electron chi connectivity index (χ3n) is 5.37. The number of hydrogen-bond acceptors (Lipinski definition) is 5. The van der Waals surface area contributed by atoms with E-state index in [4.69, 9.17) is 16.3 Å². The highest BCUT2D eigenvalue weighted by molar-refractivity contribution is 7.99. The van der Waals surface area contributed by atoms with E-state index in [2.05, 4.69) is 23.9 Å². The highest BCUT2D eigenvalue weighted by atomic mass is 35.5. The van der Waals surface area contributed by atoms with Crippen molar-refractivity contribution in [2.75, 3.05) is 18.5 Å². The molecule has 1 saturated heterocycles. The van der Waals surface area contributed by atoms with Gasteiger partial charge in [0.25, 0.3) is 5.91 Å². The van der Waals surface area contributed by atoms with E-state index in [9.17, 15) is 13.2 Å². The zero-order valence-corrected chi connectivity index (χ0v) is 20.9. The third kappa shape index (κ3) is 6.48. The van der Waals surface area contributed by atoms with E-state index in [0.717, 1.165) is 29.7 Å². The van der Waals surface area contributed by atoms with E-state index in [-0.39, 0.29) is 28.1 Å². The molecule has 6 nitrogen and oxygen atoms in total. The van der Waals surface area contributed by atoms with Gasteiger partial charge in [0.2, 0.25) is 10.0 Å². The molecule has 0 radical (unpaired) electrons. The first kappa shape index (κ1) is 25.1. The Hall–Kier alpha value is -1.58. The van der Waals surface area contributed by atoms with Crippen molar-refractivity contribution in [1.82, 2.24) is 4.72 Å². The number of carbonyl (C=O) groups excluding carboxylic acids is 1. The molecule has 0 bridgehead atoms. The second-order valence-corrected chi connectivity index (χ2v) is 11.6. The van der Waals surface area contributed by atoms with Crippen molar-refractivity contribution in [3.63, 3.8) is 0 Å². The van der Waals surface area contributed by atoms with Crippen LogP contribution in [0, 0.1) is 6.92 Å². The maximum Gasteiger partial charge on any atom is 0.255 e. The van der Waals surface area contributed by atoms with E-state index in [1.54, 1.807) is 11.8 Å². The lowest BCUT2D eigenvalue weighted by atomic mass is 10.1. The maximum atomic E-state index is 12.8. The van der Waals surface area contributed by atoms with Crippen LogP contribution in [0.4, 0.5) is 5.69 Å². The van der Waals surface area contributed by atoms with Crippen LogP contribution in [0.5, 0.6) is 0 Å². The number of nitrogens with one attached hydrogen (secondary N) is 2. The number of halogens is 1. The molecule has 9 heteroatoms. The second-order valence-electron chi connectivity index (χ2n) is 7.90. The zero-order valence-electron chi connectivity index (χ0n) is 18.5. The fourth-order valence-corrected chi connectivity index (χ4v) is 5.91. The third-order valence-corrected chi connectivity index (χ3v) is 8.53. The number of hydrogen-bond donors (Lipinski definition) is 2. The van der Waals surface area contributed by atoms with Crippen LogP contribution in [0.3, 0.4) is 0 Å². The van der Waals surface area contributed by atoms with Crippen molar-refractivity contribution in [2.24, 2.45) is 0 Å². The van der Waals surface area contributed by atoms with Crippen LogP contribution in [0.15, 0.2) is 46.2 Å². The van der Waals surface area contributed by atoms with E-state index in [0.29, 0.717) is 17.5 Å². The van der Waals surface area contributed by atoms with Gasteiger partial charge in [-0.05, 0) is 68.1 Å². The number of sulfonamides is 1. The van der Waals surface area contributed by atoms with E-state index >= 15 is 0 Å². The minimum Gasteiger partial charge on any atom is -0.377 e. The van der Waals surface area contributed by atoms with Crippen molar-refractivity contribution in [3.8, 4) is 0 Å². The highest BCUT2D eigenvalue weighted by Crippen LogP contribution is 2.29. The Morgan fingerprint density at radius 1 is 1.28 bits per heavy atom. The monoisotopic (exact) mass is 496 g/mol. The van der Waals surface area contributed by atoms with Crippen molar-refractivity contribution in [3.05, 3.63) is 52.5 Å². The molecule has 2 atom stereocenters. The minimum atomic E-state index is -3.88. The van der Waals surface area contributed by atoms with Gasteiger partial charge in [-0.1, -0.05) is 25.4 Å². The van der Waals surface area contributed by atoms with Gasteiger partial charge in [-0.15, -0.1) is 11.8 Å². The van der Waals surface area contributed by atoms with Crippen LogP contribution >= 0.6 is 23.4 Å². The first-order chi connectivity index (χ1) is 15.2. The summed E-state index contributed by atoms with van der Waals surface area (Å²) < 4.78 is 33.5. The molecule has 0 spiro atoms. The first-order valence-corrected chi connectivity index (χ1v) is 13.4. The number of amides is 1. The molecule has 1 heterocycles. The predicted octanol–water partition coefficient (Wildman–Crippen LogP) is 5.25. The molecule has 2 N–H and O–H groups in total. The van der Waals surface area contributed by atoms with Gasteiger partial charge in [-0.25, -0.2) is 13.1 Å². The van der Waals surface area contributed by atoms with Crippen LogP contribution < -0.4 is 10.0 Å². The normalized spacial score (nSPS) is 17.3. The molecular weight excluding hydrogens is 468 g/mol. The topological polar surface area (TPSA) is 84.5 Å². The fraction of sp³-hybridized carbons (Fsp3) is 0.435. The molecule has 2 unspecified atom stereocenters. The van der Waals surface area contributed by atoms with Gasteiger partial charge >= 0.3 is 0 Å². The number of aryl methyl sites for hydroxylation is 1. The van der Waals surface area contributed by atoms with E-state index in [1.807, 2.05) is 25.1 Å². The summed E-state index contributed by atoms with van der Waals surface area (Å²) in [5.41, 5.74) is 1.83. The number of carbonyl (C=O) groups is 1. The summed E-state index contributed by atoms with van der Waals surface area (Å²) in [6.45, 7) is 7.08. The Kier molecular flexibility index (Phi) is 8.63. The summed E-state index contributed by atoms with van der Waals surface area (Å²) in [4.78, 5) is 13.9. The summed E-state index contributed by atoms with van der Waals surface area (Å²) in [5.74, 6) is -0.400. The van der Waals surface area contributed by atoms with Gasteiger partial charge in [0, 0.05) is 34.5 Å². The summed E-state index contributed by atoms with van der Waals surface area (Å²) in [5, 5.41) is 3.44. The summed E-state index contributed by atoms with van der Waals surface area (Å²) >= 11 is 7.94. The molecule has 174 valence electrons. The summed E-state index contributed by atoms with van der Waals surface area (Å²) in [6, 6.07) is 10.1. The zero-order chi connectivity index (χ0) is 23.3. The van der Waals surface area contributed by atoms with Crippen LogP contribution in [0.1, 0.15) is 49.0 Å². The van der Waals surface area contributed by atoms with Crippen LogP contribution in [-0.2, 0) is 14.8 Å². The molecule has 2 aromatic carbocycles. The minimum absolute atomic E-state index is 0.0593. The molecule has 0 saturated carbocycles. The molecule has 32 heavy (non-hydrogen) atoms.